The summed E-state index contributed by atoms with van der Waals surface area (Å²) in [7, 11) is 1.83. The minimum Gasteiger partial charge on any atom is -0.398 e. The van der Waals surface area contributed by atoms with Crippen LogP contribution in [0.15, 0.2) is 42.7 Å². The van der Waals surface area contributed by atoms with E-state index in [1.54, 1.807) is 16.9 Å². The number of benzene rings is 1. The monoisotopic (exact) mass is 281 g/mol. The minimum absolute atomic E-state index is 0.253. The first-order valence-electron chi connectivity index (χ1n) is 6.54. The molecule has 0 aliphatic heterocycles. The summed E-state index contributed by atoms with van der Waals surface area (Å²) < 4.78 is 1.69. The summed E-state index contributed by atoms with van der Waals surface area (Å²) in [5.41, 5.74) is 8.48. The standard InChI is InChI=1S/C15H15N5O/c1-20-9-10(8-18-20)7-17-15(21)14-6-12(16)11-4-2-3-5-13(11)19-14/h2-6,8-9H,7H2,1H3,(H2,16,19)(H,17,21). The molecule has 0 bridgehead atoms. The van der Waals surface area contributed by atoms with Crippen LogP contribution in [0.25, 0.3) is 10.9 Å². The Morgan fingerprint density at radius 1 is 1.38 bits per heavy atom. The summed E-state index contributed by atoms with van der Waals surface area (Å²) in [6.07, 6.45) is 3.56. The van der Waals surface area contributed by atoms with E-state index in [1.165, 1.54) is 0 Å². The number of fused-ring (bicyclic) bond motifs is 1. The van der Waals surface area contributed by atoms with Crippen LogP contribution in [0.1, 0.15) is 16.1 Å². The van der Waals surface area contributed by atoms with E-state index in [9.17, 15) is 4.79 Å². The van der Waals surface area contributed by atoms with Crippen molar-refractivity contribution in [2.75, 3.05) is 5.73 Å². The average Bonchev–Trinajstić information content (AvgIpc) is 2.90. The number of nitrogens with one attached hydrogen (secondary N) is 1. The smallest absolute Gasteiger partial charge is 0.270 e. The lowest BCUT2D eigenvalue weighted by Crippen LogP contribution is -2.23. The van der Waals surface area contributed by atoms with E-state index in [4.69, 9.17) is 5.73 Å². The molecular formula is C15H15N5O. The molecule has 0 radical (unpaired) electrons. The van der Waals surface area contributed by atoms with Gasteiger partial charge in [-0.3, -0.25) is 9.48 Å². The molecule has 0 aliphatic carbocycles. The number of amides is 1. The molecule has 0 atom stereocenters. The number of nitrogens with two attached hydrogens (primary N) is 1. The van der Waals surface area contributed by atoms with Crippen LogP contribution in [0, 0.1) is 0 Å². The number of aryl methyl sites for hydroxylation is 1. The van der Waals surface area contributed by atoms with Crippen molar-refractivity contribution in [2.24, 2.45) is 7.05 Å². The van der Waals surface area contributed by atoms with Crippen LogP contribution in [0.3, 0.4) is 0 Å². The number of nitrogen functional groups attached to an aromatic ring is 1. The van der Waals surface area contributed by atoms with Gasteiger partial charge in [-0.2, -0.15) is 5.10 Å². The number of hydrogen-bond acceptors (Lipinski definition) is 4. The number of nitrogens with zero attached hydrogens (tertiary/aromatic N) is 3. The van der Waals surface area contributed by atoms with E-state index in [0.29, 0.717) is 23.4 Å². The molecule has 0 saturated heterocycles. The molecule has 3 rings (SSSR count). The van der Waals surface area contributed by atoms with Crippen LogP contribution in [-0.4, -0.2) is 20.7 Å². The molecule has 0 fully saturated rings. The van der Waals surface area contributed by atoms with Gasteiger partial charge in [-0.25, -0.2) is 4.98 Å². The normalized spacial score (nSPS) is 10.7. The number of carbonyl (C=O) groups excluding carboxylic acids is 1. The number of pyridine rings is 1. The topological polar surface area (TPSA) is 85.8 Å². The van der Waals surface area contributed by atoms with Gasteiger partial charge in [0.05, 0.1) is 11.7 Å². The number of rotatable bonds is 3. The Balaban J connectivity index is 1.81. The van der Waals surface area contributed by atoms with Gasteiger partial charge in [0.2, 0.25) is 0 Å². The molecule has 0 unspecified atom stereocenters. The van der Waals surface area contributed by atoms with Crippen LogP contribution in [-0.2, 0) is 13.6 Å². The highest BCUT2D eigenvalue weighted by Crippen LogP contribution is 2.19. The van der Waals surface area contributed by atoms with Gasteiger partial charge in [0.15, 0.2) is 0 Å². The summed E-state index contributed by atoms with van der Waals surface area (Å²) >= 11 is 0. The fraction of sp³-hybridized carbons (Fsp3) is 0.133. The molecule has 3 aromatic rings. The third-order valence-corrected chi connectivity index (χ3v) is 3.19. The summed E-state index contributed by atoms with van der Waals surface area (Å²) in [5.74, 6) is -0.253. The van der Waals surface area contributed by atoms with Crippen molar-refractivity contribution in [2.45, 2.75) is 6.54 Å². The van der Waals surface area contributed by atoms with Gasteiger partial charge in [0.1, 0.15) is 5.69 Å². The predicted molar refractivity (Wildman–Crippen MR) is 80.5 cm³/mol. The molecule has 106 valence electrons. The predicted octanol–water partition coefficient (Wildman–Crippen LogP) is 1.48. The van der Waals surface area contributed by atoms with Crippen molar-refractivity contribution in [3.8, 4) is 0 Å². The maximum absolute atomic E-state index is 12.2. The van der Waals surface area contributed by atoms with Gasteiger partial charge in [0, 0.05) is 36.4 Å². The van der Waals surface area contributed by atoms with Crippen LogP contribution in [0.4, 0.5) is 5.69 Å². The van der Waals surface area contributed by atoms with Crippen LogP contribution in [0.5, 0.6) is 0 Å². The average molecular weight is 281 g/mol. The Morgan fingerprint density at radius 2 is 2.19 bits per heavy atom. The van der Waals surface area contributed by atoms with Gasteiger partial charge < -0.3 is 11.1 Å². The maximum atomic E-state index is 12.2. The van der Waals surface area contributed by atoms with E-state index >= 15 is 0 Å². The Kier molecular flexibility index (Phi) is 3.27. The highest BCUT2D eigenvalue weighted by molar-refractivity contribution is 5.99. The third kappa shape index (κ3) is 2.69. The zero-order chi connectivity index (χ0) is 14.8. The Labute approximate surface area is 121 Å². The van der Waals surface area contributed by atoms with Gasteiger partial charge in [-0.1, -0.05) is 18.2 Å². The highest BCUT2D eigenvalue weighted by atomic mass is 16.1. The lowest BCUT2D eigenvalue weighted by molar-refractivity contribution is 0.0946. The van der Waals surface area contributed by atoms with E-state index in [1.807, 2.05) is 37.5 Å². The molecule has 2 heterocycles. The number of para-hydroxylation sites is 1. The van der Waals surface area contributed by atoms with Crippen LogP contribution >= 0.6 is 0 Å². The molecule has 0 aliphatic rings. The Bertz CT molecular complexity index is 809. The number of hydrogen-bond donors (Lipinski definition) is 2. The second-order valence-electron chi connectivity index (χ2n) is 4.82. The van der Waals surface area contributed by atoms with E-state index < -0.39 is 0 Å². The number of carbonyl (C=O) groups is 1. The van der Waals surface area contributed by atoms with Gasteiger partial charge >= 0.3 is 0 Å². The largest absolute Gasteiger partial charge is 0.398 e. The van der Waals surface area contributed by atoms with Gasteiger partial charge in [0.25, 0.3) is 5.91 Å². The lowest BCUT2D eigenvalue weighted by atomic mass is 10.1. The molecule has 3 N–H and O–H groups in total. The molecule has 6 nitrogen and oxygen atoms in total. The van der Waals surface area contributed by atoms with Crippen molar-refractivity contribution >= 4 is 22.5 Å². The molecule has 1 amide bonds. The first-order valence-corrected chi connectivity index (χ1v) is 6.54. The zero-order valence-electron chi connectivity index (χ0n) is 11.6. The van der Waals surface area contributed by atoms with Crippen LogP contribution < -0.4 is 11.1 Å². The Morgan fingerprint density at radius 3 is 2.95 bits per heavy atom. The molecule has 21 heavy (non-hydrogen) atoms. The summed E-state index contributed by atoms with van der Waals surface area (Å²) in [6, 6.07) is 9.08. The fourth-order valence-corrected chi connectivity index (χ4v) is 2.15. The molecule has 0 saturated carbocycles. The van der Waals surface area contributed by atoms with E-state index in [0.717, 1.165) is 10.9 Å². The van der Waals surface area contributed by atoms with Crippen molar-refractivity contribution in [3.05, 3.63) is 54.0 Å². The molecule has 0 spiro atoms. The molecule has 2 aromatic heterocycles. The highest BCUT2D eigenvalue weighted by Gasteiger charge is 2.10. The minimum atomic E-state index is -0.253. The SMILES string of the molecule is Cn1cc(CNC(=O)c2cc(N)c3ccccc3n2)cn1. The first kappa shape index (κ1) is 13.1. The van der Waals surface area contributed by atoms with E-state index in [2.05, 4.69) is 15.4 Å². The van der Waals surface area contributed by atoms with Crippen molar-refractivity contribution in [1.82, 2.24) is 20.1 Å². The second-order valence-corrected chi connectivity index (χ2v) is 4.82. The molecular weight excluding hydrogens is 266 g/mol. The van der Waals surface area contributed by atoms with Gasteiger partial charge in [-0.05, 0) is 12.1 Å². The number of aromatic nitrogens is 3. The van der Waals surface area contributed by atoms with Crippen molar-refractivity contribution in [1.29, 1.82) is 0 Å². The molecule has 1 aromatic carbocycles. The van der Waals surface area contributed by atoms with Crippen LogP contribution in [0.2, 0.25) is 0 Å². The van der Waals surface area contributed by atoms with Crippen molar-refractivity contribution in [3.63, 3.8) is 0 Å². The first-order chi connectivity index (χ1) is 10.1. The summed E-state index contributed by atoms with van der Waals surface area (Å²) in [5, 5.41) is 7.71. The third-order valence-electron chi connectivity index (χ3n) is 3.19. The Hall–Kier alpha value is -2.89. The second kappa shape index (κ2) is 5.24. The zero-order valence-corrected chi connectivity index (χ0v) is 11.6. The quantitative estimate of drug-likeness (QED) is 0.761. The molecule has 6 heteroatoms. The fourth-order valence-electron chi connectivity index (χ4n) is 2.15. The van der Waals surface area contributed by atoms with Gasteiger partial charge in [-0.15, -0.1) is 0 Å². The number of anilines is 1. The lowest BCUT2D eigenvalue weighted by Gasteiger charge is -2.06. The van der Waals surface area contributed by atoms with Crippen molar-refractivity contribution < 1.29 is 4.79 Å². The van der Waals surface area contributed by atoms with E-state index in [-0.39, 0.29) is 5.91 Å². The maximum Gasteiger partial charge on any atom is 0.270 e. The summed E-state index contributed by atoms with van der Waals surface area (Å²) in [6.45, 7) is 0.404. The summed E-state index contributed by atoms with van der Waals surface area (Å²) in [4.78, 5) is 16.5.